The number of para-hydroxylation sites is 2. The van der Waals surface area contributed by atoms with Gasteiger partial charge in [-0.2, -0.15) is 0 Å². The number of benzene rings is 8. The number of nitrogens with zero attached hydrogens (tertiary/aromatic N) is 3. The SMILES string of the molecule is c1ccc(-n2c3ccc(-c4ccc5c(c4)c4ccccc4n5-c4ccc5c6c(cccc46)-c4cnccc4-5)cc3c3ccc4ccccc4c32)cc1. The Labute approximate surface area is 299 Å². The Balaban J connectivity index is 1.08. The lowest BCUT2D eigenvalue weighted by Gasteiger charge is -2.13. The third-order valence-corrected chi connectivity index (χ3v) is 11.3. The highest BCUT2D eigenvalue weighted by molar-refractivity contribution is 6.20. The fourth-order valence-electron chi connectivity index (χ4n) is 9.10. The molecule has 0 N–H and O–H groups in total. The van der Waals surface area contributed by atoms with Gasteiger partial charge in [-0.3, -0.25) is 4.98 Å². The topological polar surface area (TPSA) is 22.8 Å². The Bertz CT molecular complexity index is 3260. The molecule has 52 heavy (non-hydrogen) atoms. The van der Waals surface area contributed by atoms with E-state index in [0.717, 1.165) is 0 Å². The predicted octanol–water partition coefficient (Wildman–Crippen LogP) is 12.9. The van der Waals surface area contributed by atoms with Gasteiger partial charge in [-0.25, -0.2) is 0 Å². The van der Waals surface area contributed by atoms with E-state index in [2.05, 4.69) is 178 Å². The van der Waals surface area contributed by atoms with E-state index in [1.807, 2.05) is 12.4 Å². The molecule has 3 aromatic heterocycles. The van der Waals surface area contributed by atoms with E-state index in [4.69, 9.17) is 0 Å². The normalized spacial score (nSPS) is 12.2. The molecule has 0 aliphatic heterocycles. The molecule has 1 aliphatic rings. The summed E-state index contributed by atoms with van der Waals surface area (Å²) in [7, 11) is 0. The van der Waals surface area contributed by atoms with Gasteiger partial charge in [0.2, 0.25) is 0 Å². The first-order valence-corrected chi connectivity index (χ1v) is 17.9. The average molecular weight is 660 g/mol. The van der Waals surface area contributed by atoms with E-state index in [1.54, 1.807) is 0 Å². The quantitative estimate of drug-likeness (QED) is 0.185. The molecular weight excluding hydrogens is 631 g/mol. The van der Waals surface area contributed by atoms with Crippen molar-refractivity contribution in [1.29, 1.82) is 0 Å². The molecule has 0 unspecified atom stereocenters. The van der Waals surface area contributed by atoms with Crippen molar-refractivity contribution >= 4 is 65.2 Å². The van der Waals surface area contributed by atoms with Crippen molar-refractivity contribution in [1.82, 2.24) is 14.1 Å². The van der Waals surface area contributed by atoms with Gasteiger partial charge >= 0.3 is 0 Å². The number of aromatic nitrogens is 3. The molecule has 3 heteroatoms. The molecule has 1 aliphatic carbocycles. The van der Waals surface area contributed by atoms with Crippen LogP contribution in [0.15, 0.2) is 176 Å². The summed E-state index contributed by atoms with van der Waals surface area (Å²) in [6.45, 7) is 0. The molecule has 8 aromatic carbocycles. The molecule has 0 radical (unpaired) electrons. The number of hydrogen-bond donors (Lipinski definition) is 0. The first kappa shape index (κ1) is 27.8. The van der Waals surface area contributed by atoms with Crippen molar-refractivity contribution in [3.63, 3.8) is 0 Å². The molecule has 0 spiro atoms. The zero-order valence-electron chi connectivity index (χ0n) is 28.1. The van der Waals surface area contributed by atoms with E-state index < -0.39 is 0 Å². The Morgan fingerprint density at radius 3 is 1.94 bits per heavy atom. The highest BCUT2D eigenvalue weighted by Crippen LogP contribution is 2.49. The van der Waals surface area contributed by atoms with Gasteiger partial charge in [-0.15, -0.1) is 0 Å². The van der Waals surface area contributed by atoms with Crippen LogP contribution >= 0.6 is 0 Å². The second kappa shape index (κ2) is 10.3. The molecule has 0 saturated heterocycles. The number of pyridine rings is 1. The maximum atomic E-state index is 4.47. The van der Waals surface area contributed by atoms with Crippen molar-refractivity contribution in [2.45, 2.75) is 0 Å². The summed E-state index contributed by atoms with van der Waals surface area (Å²) in [4.78, 5) is 4.47. The number of rotatable bonds is 3. The molecule has 0 amide bonds. The van der Waals surface area contributed by atoms with Gasteiger partial charge in [-0.05, 0) is 93.2 Å². The molecule has 0 bridgehead atoms. The Hall–Kier alpha value is -6.97. The minimum Gasteiger partial charge on any atom is -0.309 e. The lowest BCUT2D eigenvalue weighted by molar-refractivity contribution is 1.19. The average Bonchev–Trinajstić information content (AvgIpc) is 3.85. The third-order valence-electron chi connectivity index (χ3n) is 11.3. The molecule has 0 saturated carbocycles. The first-order chi connectivity index (χ1) is 25.8. The standard InChI is InChI=1S/C49H29N3/c1-2-10-33(11-3-1)51-46-22-18-32(28-42(46)39-20-17-30-9-4-5-12-34(30)49(39)51)31-19-23-47-41(27-31)36-13-6-7-16-44(36)52(47)45-24-21-38-35-25-26-50-29-43(35)37-14-8-15-40(45)48(37)38/h1-29H. The Morgan fingerprint density at radius 1 is 0.385 bits per heavy atom. The lowest BCUT2D eigenvalue weighted by Crippen LogP contribution is -1.95. The monoisotopic (exact) mass is 659 g/mol. The van der Waals surface area contributed by atoms with Crippen LogP contribution in [0.3, 0.4) is 0 Å². The maximum absolute atomic E-state index is 4.47. The molecule has 0 atom stereocenters. The van der Waals surface area contributed by atoms with Crippen LogP contribution in [0, 0.1) is 0 Å². The lowest BCUT2D eigenvalue weighted by atomic mass is 10.00. The zero-order valence-corrected chi connectivity index (χ0v) is 28.1. The molecule has 240 valence electrons. The van der Waals surface area contributed by atoms with Crippen molar-refractivity contribution in [2.24, 2.45) is 0 Å². The smallest absolute Gasteiger partial charge is 0.0619 e. The summed E-state index contributed by atoms with van der Waals surface area (Å²) in [5.41, 5.74) is 14.7. The van der Waals surface area contributed by atoms with Gasteiger partial charge in [0.15, 0.2) is 0 Å². The number of fused-ring (bicyclic) bond motifs is 11. The van der Waals surface area contributed by atoms with E-state index >= 15 is 0 Å². The molecule has 3 nitrogen and oxygen atoms in total. The summed E-state index contributed by atoms with van der Waals surface area (Å²) >= 11 is 0. The van der Waals surface area contributed by atoms with Crippen LogP contribution in [-0.2, 0) is 0 Å². The van der Waals surface area contributed by atoms with Gasteiger partial charge in [0, 0.05) is 56.0 Å². The van der Waals surface area contributed by atoms with Crippen LogP contribution in [0.5, 0.6) is 0 Å². The van der Waals surface area contributed by atoms with Gasteiger partial charge in [-0.1, -0.05) is 109 Å². The Morgan fingerprint density at radius 2 is 1.08 bits per heavy atom. The highest BCUT2D eigenvalue weighted by Gasteiger charge is 2.24. The molecule has 11 aromatic rings. The first-order valence-electron chi connectivity index (χ1n) is 17.9. The minimum absolute atomic E-state index is 1.17. The molecule has 12 rings (SSSR count). The van der Waals surface area contributed by atoms with E-state index in [-0.39, 0.29) is 0 Å². The third kappa shape index (κ3) is 3.66. The summed E-state index contributed by atoms with van der Waals surface area (Å²) in [6, 6.07) is 60.3. The van der Waals surface area contributed by atoms with Crippen LogP contribution in [0.2, 0.25) is 0 Å². The van der Waals surface area contributed by atoms with Crippen LogP contribution in [0.1, 0.15) is 0 Å². The van der Waals surface area contributed by atoms with Crippen LogP contribution in [-0.4, -0.2) is 14.1 Å². The second-order valence-corrected chi connectivity index (χ2v) is 14.0. The van der Waals surface area contributed by atoms with Crippen LogP contribution in [0.4, 0.5) is 0 Å². The Kier molecular flexibility index (Phi) is 5.50. The minimum atomic E-state index is 1.17. The molecular formula is C49H29N3. The van der Waals surface area contributed by atoms with Crippen molar-refractivity contribution in [2.75, 3.05) is 0 Å². The maximum Gasteiger partial charge on any atom is 0.0619 e. The van der Waals surface area contributed by atoms with Crippen molar-refractivity contribution in [3.05, 3.63) is 176 Å². The summed E-state index contributed by atoms with van der Waals surface area (Å²) in [5, 5.41) is 10.1. The van der Waals surface area contributed by atoms with Gasteiger partial charge in [0.05, 0.1) is 27.8 Å². The van der Waals surface area contributed by atoms with Gasteiger partial charge in [0.1, 0.15) is 0 Å². The summed E-state index contributed by atoms with van der Waals surface area (Å²) in [5.74, 6) is 0. The van der Waals surface area contributed by atoms with Crippen molar-refractivity contribution in [3.8, 4) is 44.8 Å². The van der Waals surface area contributed by atoms with Gasteiger partial charge < -0.3 is 9.13 Å². The number of hydrogen-bond acceptors (Lipinski definition) is 1. The second-order valence-electron chi connectivity index (χ2n) is 14.0. The summed E-state index contributed by atoms with van der Waals surface area (Å²) in [6.07, 6.45) is 3.90. The highest BCUT2D eigenvalue weighted by atomic mass is 15.0. The fourth-order valence-corrected chi connectivity index (χ4v) is 9.10. The van der Waals surface area contributed by atoms with E-state index in [9.17, 15) is 0 Å². The molecule has 3 heterocycles. The fraction of sp³-hybridized carbons (Fsp3) is 0. The van der Waals surface area contributed by atoms with Crippen molar-refractivity contribution < 1.29 is 0 Å². The largest absolute Gasteiger partial charge is 0.309 e. The predicted molar refractivity (Wildman–Crippen MR) is 218 cm³/mol. The van der Waals surface area contributed by atoms with Gasteiger partial charge in [0.25, 0.3) is 0 Å². The molecule has 0 fully saturated rings. The zero-order chi connectivity index (χ0) is 33.9. The van der Waals surface area contributed by atoms with Crippen LogP contribution < -0.4 is 0 Å². The van der Waals surface area contributed by atoms with E-state index in [0.29, 0.717) is 0 Å². The van der Waals surface area contributed by atoms with Crippen LogP contribution in [0.25, 0.3) is 110 Å². The summed E-state index contributed by atoms with van der Waals surface area (Å²) < 4.78 is 4.89. The van der Waals surface area contributed by atoms with E-state index in [1.165, 1.54) is 110 Å².